The summed E-state index contributed by atoms with van der Waals surface area (Å²) in [4.78, 5) is 12.3. The molecule has 2 aliphatic rings. The summed E-state index contributed by atoms with van der Waals surface area (Å²) in [6.45, 7) is 7.01. The van der Waals surface area contributed by atoms with Crippen LogP contribution in [0, 0.1) is 5.92 Å². The third-order valence-corrected chi connectivity index (χ3v) is 4.83. The zero-order valence-electron chi connectivity index (χ0n) is 11.2. The summed E-state index contributed by atoms with van der Waals surface area (Å²) in [5.41, 5.74) is 2.76. The maximum atomic E-state index is 12.3. The number of fused-ring (bicyclic) bond motifs is 1. The molecule has 2 fully saturated rings. The van der Waals surface area contributed by atoms with E-state index in [1.165, 1.54) is 0 Å². The van der Waals surface area contributed by atoms with Gasteiger partial charge in [0.15, 0.2) is 5.78 Å². The number of carbonyl (C=O) groups is 1. The number of Topliss-reactive ketones (excluding diaryl/α,β-unsaturated/α-hetero) is 1. The lowest BCUT2D eigenvalue weighted by Crippen LogP contribution is -2.58. The Morgan fingerprint density at radius 1 is 1.47 bits per heavy atom. The SMILES string of the molecule is COCO[C@@]12CCC[C@@H]1/C(=C/[Si](C)(C)C)C2=O. The van der Waals surface area contributed by atoms with E-state index in [1.807, 2.05) is 0 Å². The molecule has 4 heteroatoms. The molecule has 0 aromatic heterocycles. The molecule has 0 radical (unpaired) electrons. The van der Waals surface area contributed by atoms with Crippen LogP contribution in [0.5, 0.6) is 0 Å². The van der Waals surface area contributed by atoms with E-state index in [-0.39, 0.29) is 12.6 Å². The summed E-state index contributed by atoms with van der Waals surface area (Å²) in [5.74, 6) is 0.552. The fourth-order valence-corrected chi connectivity index (χ4v) is 4.28. The van der Waals surface area contributed by atoms with Crippen molar-refractivity contribution in [2.24, 2.45) is 5.92 Å². The highest BCUT2D eigenvalue weighted by Gasteiger charge is 2.62. The average Bonchev–Trinajstić information content (AvgIpc) is 2.62. The summed E-state index contributed by atoms with van der Waals surface area (Å²) in [6, 6.07) is 0. The molecule has 0 aromatic carbocycles. The predicted octanol–water partition coefficient (Wildman–Crippen LogP) is 2.53. The molecule has 17 heavy (non-hydrogen) atoms. The minimum atomic E-state index is -1.33. The highest BCUT2D eigenvalue weighted by molar-refractivity contribution is 6.81. The van der Waals surface area contributed by atoms with Gasteiger partial charge in [-0.1, -0.05) is 25.3 Å². The largest absolute Gasteiger partial charge is 0.359 e. The highest BCUT2D eigenvalue weighted by Crippen LogP contribution is 2.54. The van der Waals surface area contributed by atoms with E-state index in [9.17, 15) is 4.79 Å². The lowest BCUT2D eigenvalue weighted by Gasteiger charge is -2.45. The van der Waals surface area contributed by atoms with E-state index < -0.39 is 13.7 Å². The van der Waals surface area contributed by atoms with Gasteiger partial charge in [0.05, 0.1) is 8.07 Å². The molecule has 0 spiro atoms. The molecule has 0 aromatic rings. The van der Waals surface area contributed by atoms with Crippen LogP contribution in [0.15, 0.2) is 11.3 Å². The van der Waals surface area contributed by atoms with Gasteiger partial charge in [-0.3, -0.25) is 4.79 Å². The van der Waals surface area contributed by atoms with Crippen molar-refractivity contribution in [3.05, 3.63) is 11.3 Å². The Morgan fingerprint density at radius 3 is 2.76 bits per heavy atom. The van der Waals surface area contributed by atoms with Gasteiger partial charge in [0.1, 0.15) is 12.4 Å². The van der Waals surface area contributed by atoms with Crippen molar-refractivity contribution in [3.63, 3.8) is 0 Å². The van der Waals surface area contributed by atoms with Crippen molar-refractivity contribution in [2.75, 3.05) is 13.9 Å². The maximum Gasteiger partial charge on any atom is 0.191 e. The smallest absolute Gasteiger partial charge is 0.191 e. The first-order chi connectivity index (χ1) is 7.91. The van der Waals surface area contributed by atoms with Crippen LogP contribution in [0.25, 0.3) is 0 Å². The van der Waals surface area contributed by atoms with Gasteiger partial charge in [-0.15, -0.1) is 0 Å². The molecule has 0 amide bonds. The van der Waals surface area contributed by atoms with Gasteiger partial charge in [0.25, 0.3) is 0 Å². The number of ether oxygens (including phenoxy) is 2. The van der Waals surface area contributed by atoms with Gasteiger partial charge in [0.2, 0.25) is 0 Å². The van der Waals surface area contributed by atoms with Gasteiger partial charge in [0, 0.05) is 13.0 Å². The second kappa shape index (κ2) is 4.34. The van der Waals surface area contributed by atoms with Crippen LogP contribution in [-0.2, 0) is 14.3 Å². The first kappa shape index (κ1) is 13.0. The standard InChI is InChI=1S/C13H22O3Si/c1-15-9-16-13-7-5-6-11(13)10(12(13)14)8-17(2,3)4/h8,11H,5-7,9H2,1-4H3/b10-8-/t11-,13+/m1/s1. The van der Waals surface area contributed by atoms with Crippen LogP contribution < -0.4 is 0 Å². The van der Waals surface area contributed by atoms with Crippen molar-refractivity contribution < 1.29 is 14.3 Å². The molecule has 2 aliphatic carbocycles. The Morgan fingerprint density at radius 2 is 2.18 bits per heavy atom. The third kappa shape index (κ3) is 2.14. The lowest BCUT2D eigenvalue weighted by atomic mass is 9.66. The second-order valence-electron chi connectivity index (χ2n) is 6.18. The molecule has 2 rings (SSSR count). The van der Waals surface area contributed by atoms with E-state index in [0.29, 0.717) is 5.92 Å². The van der Waals surface area contributed by atoms with Crippen LogP contribution >= 0.6 is 0 Å². The minimum absolute atomic E-state index is 0.222. The fraction of sp³-hybridized carbons (Fsp3) is 0.769. The van der Waals surface area contributed by atoms with Crippen LogP contribution in [0.3, 0.4) is 0 Å². The van der Waals surface area contributed by atoms with Crippen molar-refractivity contribution in [1.29, 1.82) is 0 Å². The minimum Gasteiger partial charge on any atom is -0.359 e. The van der Waals surface area contributed by atoms with Crippen molar-refractivity contribution in [2.45, 2.75) is 44.5 Å². The van der Waals surface area contributed by atoms with E-state index in [2.05, 4.69) is 25.3 Å². The Hall–Kier alpha value is -0.453. The first-order valence-electron chi connectivity index (χ1n) is 6.31. The lowest BCUT2D eigenvalue weighted by molar-refractivity contribution is -0.179. The Labute approximate surface area is 104 Å². The molecule has 0 aliphatic heterocycles. The van der Waals surface area contributed by atoms with E-state index in [1.54, 1.807) is 7.11 Å². The molecule has 3 nitrogen and oxygen atoms in total. The predicted molar refractivity (Wildman–Crippen MR) is 69.5 cm³/mol. The van der Waals surface area contributed by atoms with Crippen molar-refractivity contribution >= 4 is 13.9 Å². The molecule has 2 saturated carbocycles. The normalized spacial score (nSPS) is 34.9. The number of methoxy groups -OCH3 is 1. The van der Waals surface area contributed by atoms with Crippen LogP contribution in [0.2, 0.25) is 19.6 Å². The van der Waals surface area contributed by atoms with Crippen LogP contribution in [0.4, 0.5) is 0 Å². The summed E-state index contributed by atoms with van der Waals surface area (Å²) in [6.07, 6.45) is 3.04. The Balaban J connectivity index is 2.18. The van der Waals surface area contributed by atoms with Gasteiger partial charge in [-0.05, 0) is 24.8 Å². The molecule has 0 heterocycles. The molecule has 0 bridgehead atoms. The Bertz CT molecular complexity index is 356. The summed E-state index contributed by atoms with van der Waals surface area (Å²) in [7, 11) is 0.274. The van der Waals surface area contributed by atoms with Gasteiger partial charge >= 0.3 is 0 Å². The van der Waals surface area contributed by atoms with Gasteiger partial charge in [-0.25, -0.2) is 0 Å². The molecular weight excluding hydrogens is 232 g/mol. The molecule has 0 unspecified atom stereocenters. The first-order valence-corrected chi connectivity index (χ1v) is 9.89. The quantitative estimate of drug-likeness (QED) is 0.439. The zero-order valence-corrected chi connectivity index (χ0v) is 12.2. The highest BCUT2D eigenvalue weighted by atomic mass is 28.3. The maximum absolute atomic E-state index is 12.3. The number of carbonyl (C=O) groups excluding carboxylic acids is 1. The number of ketones is 1. The zero-order chi connectivity index (χ0) is 12.7. The number of hydrogen-bond donors (Lipinski definition) is 0. The van der Waals surface area contributed by atoms with Gasteiger partial charge in [-0.2, -0.15) is 0 Å². The third-order valence-electron chi connectivity index (χ3n) is 3.65. The summed E-state index contributed by atoms with van der Waals surface area (Å²) in [5, 5.41) is 0. The molecular formula is C13H22O3Si. The van der Waals surface area contributed by atoms with Crippen LogP contribution in [0.1, 0.15) is 19.3 Å². The molecule has 0 saturated heterocycles. The molecule has 2 atom stereocenters. The number of rotatable bonds is 4. The van der Waals surface area contributed by atoms with E-state index >= 15 is 0 Å². The molecule has 0 N–H and O–H groups in total. The monoisotopic (exact) mass is 254 g/mol. The molecule has 96 valence electrons. The summed E-state index contributed by atoms with van der Waals surface area (Å²) >= 11 is 0. The Kier molecular flexibility index (Phi) is 3.31. The summed E-state index contributed by atoms with van der Waals surface area (Å²) < 4.78 is 10.6. The van der Waals surface area contributed by atoms with Crippen molar-refractivity contribution in [3.8, 4) is 0 Å². The van der Waals surface area contributed by atoms with Crippen LogP contribution in [-0.4, -0.2) is 33.4 Å². The van der Waals surface area contributed by atoms with E-state index in [0.717, 1.165) is 24.8 Å². The van der Waals surface area contributed by atoms with E-state index in [4.69, 9.17) is 9.47 Å². The number of hydrogen-bond acceptors (Lipinski definition) is 3. The van der Waals surface area contributed by atoms with Crippen molar-refractivity contribution in [1.82, 2.24) is 0 Å². The topological polar surface area (TPSA) is 35.5 Å². The average molecular weight is 254 g/mol. The fourth-order valence-electron chi connectivity index (χ4n) is 3.01. The van der Waals surface area contributed by atoms with Gasteiger partial charge < -0.3 is 9.47 Å². The second-order valence-corrected chi connectivity index (χ2v) is 11.2.